The number of nitrogens with zero attached hydrogens (tertiary/aromatic N) is 1. The first-order valence-electron chi connectivity index (χ1n) is 9.50. The van der Waals surface area contributed by atoms with E-state index in [4.69, 9.17) is 0 Å². The average Bonchev–Trinajstić information content (AvgIpc) is 2.63. The van der Waals surface area contributed by atoms with E-state index in [1.54, 1.807) is 6.08 Å². The standard InChI is InChI=1S/C22H32NO3/c1-2-3-16-19-22(23(25)26)20-17-14-12-10-8-6-4-5-7-9-11-13-15-18-21-24/h5-8,11-14,20H,2-4,9-10,15-19H2,1H3. The molecular formula is C22H32NO3. The van der Waals surface area contributed by atoms with Crippen LogP contribution in [0.4, 0.5) is 0 Å². The van der Waals surface area contributed by atoms with Gasteiger partial charge in [-0.15, -0.1) is 0 Å². The molecule has 143 valence electrons. The van der Waals surface area contributed by atoms with Crippen molar-refractivity contribution in [2.24, 2.45) is 0 Å². The highest BCUT2D eigenvalue weighted by molar-refractivity contribution is 5.50. The first-order valence-corrected chi connectivity index (χ1v) is 9.50. The van der Waals surface area contributed by atoms with E-state index in [1.165, 1.54) is 0 Å². The maximum atomic E-state index is 10.9. The third kappa shape index (κ3) is 16.6. The third-order valence-corrected chi connectivity index (χ3v) is 3.66. The smallest absolute Gasteiger partial charge is 0.242 e. The van der Waals surface area contributed by atoms with Gasteiger partial charge >= 0.3 is 0 Å². The number of allylic oxidation sites excluding steroid dienone is 10. The molecule has 0 fully saturated rings. The van der Waals surface area contributed by atoms with Crippen LogP contribution in [0.5, 0.6) is 0 Å². The minimum Gasteiger partial charge on any atom is -0.291 e. The molecule has 0 saturated heterocycles. The number of rotatable bonds is 16. The second-order valence-corrected chi connectivity index (χ2v) is 5.92. The van der Waals surface area contributed by atoms with Crippen molar-refractivity contribution in [2.75, 3.05) is 0 Å². The highest BCUT2D eigenvalue weighted by atomic mass is 16.6. The van der Waals surface area contributed by atoms with Crippen LogP contribution in [-0.4, -0.2) is 11.2 Å². The average molecular weight is 359 g/mol. The number of unbranched alkanes of at least 4 members (excludes halogenated alkanes) is 3. The summed E-state index contributed by atoms with van der Waals surface area (Å²) in [6.45, 7) is 2.09. The van der Waals surface area contributed by atoms with Crippen LogP contribution in [-0.2, 0) is 4.79 Å². The molecule has 0 amide bonds. The molecule has 0 aliphatic heterocycles. The van der Waals surface area contributed by atoms with Gasteiger partial charge in [-0.25, -0.2) is 0 Å². The van der Waals surface area contributed by atoms with Gasteiger partial charge in [0.05, 0.1) is 4.92 Å². The molecule has 4 nitrogen and oxygen atoms in total. The molecule has 1 radical (unpaired) electrons. The lowest BCUT2D eigenvalue weighted by atomic mass is 10.1. The van der Waals surface area contributed by atoms with E-state index in [9.17, 15) is 14.9 Å². The summed E-state index contributed by atoms with van der Waals surface area (Å²) in [5.41, 5.74) is 0.335. The lowest BCUT2D eigenvalue weighted by Crippen LogP contribution is -1.98. The van der Waals surface area contributed by atoms with Crippen LogP contribution in [0.2, 0.25) is 0 Å². The minimum atomic E-state index is -0.258. The van der Waals surface area contributed by atoms with Gasteiger partial charge in [0, 0.05) is 12.8 Å². The zero-order chi connectivity index (χ0) is 19.3. The highest BCUT2D eigenvalue weighted by Gasteiger charge is 2.08. The molecule has 0 aromatic heterocycles. The fraction of sp³-hybridized carbons (Fsp3) is 0.500. The van der Waals surface area contributed by atoms with E-state index in [0.717, 1.165) is 44.9 Å². The lowest BCUT2D eigenvalue weighted by molar-refractivity contribution is -0.428. The summed E-state index contributed by atoms with van der Waals surface area (Å²) in [5.74, 6) is 0. The molecule has 0 aliphatic rings. The monoisotopic (exact) mass is 358 g/mol. The van der Waals surface area contributed by atoms with Crippen molar-refractivity contribution < 1.29 is 9.72 Å². The van der Waals surface area contributed by atoms with Crippen LogP contribution in [0.25, 0.3) is 0 Å². The van der Waals surface area contributed by atoms with E-state index >= 15 is 0 Å². The second kappa shape index (κ2) is 19.1. The quantitative estimate of drug-likeness (QED) is 0.139. The molecule has 0 aromatic carbocycles. The highest BCUT2D eigenvalue weighted by Crippen LogP contribution is 2.10. The molecule has 26 heavy (non-hydrogen) atoms. The van der Waals surface area contributed by atoms with E-state index < -0.39 is 0 Å². The number of hydrogen-bond donors (Lipinski definition) is 0. The molecule has 0 heterocycles. The number of carbonyl (C=O) groups excluding carboxylic acids is 1. The summed E-state index contributed by atoms with van der Waals surface area (Å²) in [7, 11) is 0. The van der Waals surface area contributed by atoms with Gasteiger partial charge in [-0.2, -0.15) is 0 Å². The van der Waals surface area contributed by atoms with Crippen molar-refractivity contribution >= 4 is 6.29 Å². The molecule has 0 saturated carbocycles. The van der Waals surface area contributed by atoms with Crippen molar-refractivity contribution in [2.45, 2.75) is 71.1 Å². The van der Waals surface area contributed by atoms with Crippen molar-refractivity contribution in [1.29, 1.82) is 0 Å². The van der Waals surface area contributed by atoms with Crippen molar-refractivity contribution in [3.8, 4) is 0 Å². The third-order valence-electron chi connectivity index (χ3n) is 3.66. The van der Waals surface area contributed by atoms with Crippen LogP contribution >= 0.6 is 0 Å². The Balaban J connectivity index is 3.85. The maximum absolute atomic E-state index is 10.9. The first kappa shape index (κ1) is 23.8. The molecule has 0 aliphatic carbocycles. The first-order chi connectivity index (χ1) is 12.7. The molecular weight excluding hydrogens is 326 g/mol. The van der Waals surface area contributed by atoms with Gasteiger partial charge < -0.3 is 0 Å². The summed E-state index contributed by atoms with van der Waals surface area (Å²) >= 11 is 0. The molecule has 4 heteroatoms. The number of hydrogen-bond acceptors (Lipinski definition) is 3. The van der Waals surface area contributed by atoms with Gasteiger partial charge in [-0.3, -0.25) is 14.9 Å². The second-order valence-electron chi connectivity index (χ2n) is 5.92. The summed E-state index contributed by atoms with van der Waals surface area (Å²) < 4.78 is 0. The van der Waals surface area contributed by atoms with Crippen LogP contribution in [0.1, 0.15) is 71.1 Å². The van der Waals surface area contributed by atoms with E-state index in [0.29, 0.717) is 25.0 Å². The minimum absolute atomic E-state index is 0.258. The van der Waals surface area contributed by atoms with E-state index in [1.807, 2.05) is 24.5 Å². The molecule has 0 N–H and O–H groups in total. The predicted molar refractivity (Wildman–Crippen MR) is 109 cm³/mol. The zero-order valence-electron chi connectivity index (χ0n) is 15.9. The molecule has 0 rings (SSSR count). The van der Waals surface area contributed by atoms with Crippen LogP contribution < -0.4 is 0 Å². The fourth-order valence-electron chi connectivity index (χ4n) is 2.20. The molecule has 0 unspecified atom stereocenters. The zero-order valence-corrected chi connectivity index (χ0v) is 15.9. The Bertz CT molecular complexity index is 513. The SMILES string of the molecule is CCCCCC(=CCC=CCC=CCC=CCC=CCC[C]=O)[N+](=O)[O-]. The Morgan fingerprint density at radius 3 is 1.92 bits per heavy atom. The van der Waals surface area contributed by atoms with Gasteiger partial charge in [0.1, 0.15) is 0 Å². The maximum Gasteiger partial charge on any atom is 0.242 e. The molecule has 0 bridgehead atoms. The van der Waals surface area contributed by atoms with E-state index in [2.05, 4.69) is 37.3 Å². The summed E-state index contributed by atoms with van der Waals surface area (Å²) in [6, 6.07) is 0. The van der Waals surface area contributed by atoms with Gasteiger partial charge in [-0.05, 0) is 44.6 Å². The van der Waals surface area contributed by atoms with Crippen LogP contribution in [0.15, 0.2) is 60.4 Å². The summed E-state index contributed by atoms with van der Waals surface area (Å²) in [5, 5.41) is 10.9. The Morgan fingerprint density at radius 1 is 0.885 bits per heavy atom. The summed E-state index contributed by atoms with van der Waals surface area (Å²) in [6.07, 6.45) is 28.1. The molecule has 0 aromatic rings. The van der Waals surface area contributed by atoms with Crippen molar-refractivity contribution in [3.63, 3.8) is 0 Å². The lowest BCUT2D eigenvalue weighted by Gasteiger charge is -1.97. The van der Waals surface area contributed by atoms with Crippen molar-refractivity contribution in [1.82, 2.24) is 0 Å². The normalized spacial score (nSPS) is 12.9. The Kier molecular flexibility index (Phi) is 17.5. The van der Waals surface area contributed by atoms with Gasteiger partial charge in [0.25, 0.3) is 0 Å². The fourth-order valence-corrected chi connectivity index (χ4v) is 2.20. The Morgan fingerprint density at radius 2 is 1.42 bits per heavy atom. The van der Waals surface area contributed by atoms with Gasteiger partial charge in [-0.1, -0.05) is 68.4 Å². The summed E-state index contributed by atoms with van der Waals surface area (Å²) in [4.78, 5) is 20.7. The topological polar surface area (TPSA) is 60.2 Å². The van der Waals surface area contributed by atoms with E-state index in [-0.39, 0.29) is 4.92 Å². The molecule has 0 atom stereocenters. The molecule has 0 spiro atoms. The van der Waals surface area contributed by atoms with Crippen LogP contribution in [0, 0.1) is 10.1 Å². The van der Waals surface area contributed by atoms with Gasteiger partial charge in [0.2, 0.25) is 5.70 Å². The van der Waals surface area contributed by atoms with Crippen LogP contribution in [0.3, 0.4) is 0 Å². The van der Waals surface area contributed by atoms with Crippen molar-refractivity contribution in [3.05, 3.63) is 70.5 Å². The number of nitro groups is 1. The largest absolute Gasteiger partial charge is 0.291 e. The Labute approximate surface area is 158 Å². The predicted octanol–water partition coefficient (Wildman–Crippen LogP) is 6.40. The van der Waals surface area contributed by atoms with Gasteiger partial charge in [0.15, 0.2) is 6.29 Å². The Hall–Kier alpha value is -2.23.